The van der Waals surface area contributed by atoms with E-state index in [1.54, 1.807) is 6.92 Å². The summed E-state index contributed by atoms with van der Waals surface area (Å²) in [5.74, 6) is -1.46. The van der Waals surface area contributed by atoms with Crippen molar-refractivity contribution in [2.24, 2.45) is 5.73 Å². The van der Waals surface area contributed by atoms with Gasteiger partial charge in [0.2, 0.25) is 0 Å². The minimum atomic E-state index is -1.29. The molecule has 0 saturated carbocycles. The maximum atomic E-state index is 13.0. The zero-order chi connectivity index (χ0) is 11.8. The second-order valence-corrected chi connectivity index (χ2v) is 3.13. The van der Waals surface area contributed by atoms with Crippen molar-refractivity contribution < 1.29 is 14.3 Å². The normalized spacial score (nSPS) is 13.4. The van der Waals surface area contributed by atoms with Crippen LogP contribution in [0.2, 0.25) is 0 Å². The lowest BCUT2D eigenvalue weighted by Crippen LogP contribution is -2.27. The van der Waals surface area contributed by atoms with Crippen molar-refractivity contribution in [2.45, 2.75) is 25.8 Å². The zero-order valence-corrected chi connectivity index (χ0v) is 8.59. The minimum absolute atomic E-state index is 0.126. The van der Waals surface area contributed by atoms with Gasteiger partial charge in [-0.2, -0.15) is 0 Å². The fourth-order valence-electron chi connectivity index (χ4n) is 0.883. The molecule has 5 N–H and O–H groups in total. The maximum Gasteiger partial charge on any atom is 0.324 e. The predicted octanol–water partition coefficient (Wildman–Crippen LogP) is 0.619. The first-order valence-electron chi connectivity index (χ1n) is 4.57. The zero-order valence-electron chi connectivity index (χ0n) is 8.59. The van der Waals surface area contributed by atoms with Crippen molar-refractivity contribution in [3.8, 4) is 0 Å². The van der Waals surface area contributed by atoms with Crippen molar-refractivity contribution in [3.05, 3.63) is 11.9 Å². The van der Waals surface area contributed by atoms with Gasteiger partial charge in [0.25, 0.3) is 0 Å². The summed E-state index contributed by atoms with van der Waals surface area (Å²) in [6.07, 6.45) is 1.51. The molecule has 0 saturated heterocycles. The summed E-state index contributed by atoms with van der Waals surface area (Å²) in [5.41, 5.74) is 5.10. The van der Waals surface area contributed by atoms with Gasteiger partial charge in [-0.3, -0.25) is 10.2 Å². The van der Waals surface area contributed by atoms with Crippen LogP contribution in [-0.2, 0) is 4.79 Å². The standard InChI is InChI=1S/C9H16FN3O2/c1-6(11)13-4-2-3-7(10)5-8(12)9(14)15/h5,8H,2-4,12H2,1H3,(H2,11,13)(H,14,15)/b7-5+/t8-/m0/s1. The first kappa shape index (κ1) is 13.6. The molecule has 0 radical (unpaired) electrons. The van der Waals surface area contributed by atoms with Crippen LogP contribution in [0.4, 0.5) is 4.39 Å². The molecule has 0 spiro atoms. The number of amidine groups is 1. The Morgan fingerprint density at radius 2 is 2.33 bits per heavy atom. The summed E-state index contributed by atoms with van der Waals surface area (Å²) in [6.45, 7) is 2.07. The molecular formula is C9H16FN3O2. The van der Waals surface area contributed by atoms with Crippen LogP contribution in [0.3, 0.4) is 0 Å². The molecule has 0 aliphatic carbocycles. The number of nitrogens with one attached hydrogen (secondary N) is 2. The number of aliphatic carboxylic acids is 1. The van der Waals surface area contributed by atoms with E-state index in [1.165, 1.54) is 0 Å². The highest BCUT2D eigenvalue weighted by Crippen LogP contribution is 2.06. The molecule has 0 fully saturated rings. The van der Waals surface area contributed by atoms with E-state index in [9.17, 15) is 9.18 Å². The molecule has 0 rings (SSSR count). The van der Waals surface area contributed by atoms with Crippen LogP contribution in [0, 0.1) is 5.41 Å². The summed E-state index contributed by atoms with van der Waals surface area (Å²) in [7, 11) is 0. The Hall–Kier alpha value is -1.43. The topological polar surface area (TPSA) is 99.2 Å². The number of allylic oxidation sites excluding steroid dienone is 1. The summed E-state index contributed by atoms with van der Waals surface area (Å²) >= 11 is 0. The molecule has 0 aromatic carbocycles. The van der Waals surface area contributed by atoms with Gasteiger partial charge in [0.1, 0.15) is 6.04 Å². The second-order valence-electron chi connectivity index (χ2n) is 3.13. The van der Waals surface area contributed by atoms with Crippen molar-refractivity contribution in [1.82, 2.24) is 5.32 Å². The van der Waals surface area contributed by atoms with Crippen molar-refractivity contribution >= 4 is 11.8 Å². The van der Waals surface area contributed by atoms with Crippen LogP contribution in [-0.4, -0.2) is 29.5 Å². The molecular weight excluding hydrogens is 201 g/mol. The van der Waals surface area contributed by atoms with Crippen LogP contribution in [0.1, 0.15) is 19.8 Å². The Kier molecular flexibility index (Phi) is 6.28. The van der Waals surface area contributed by atoms with Crippen LogP contribution in [0.5, 0.6) is 0 Å². The van der Waals surface area contributed by atoms with Crippen molar-refractivity contribution in [3.63, 3.8) is 0 Å². The third kappa shape index (κ3) is 7.63. The summed E-state index contributed by atoms with van der Waals surface area (Å²) < 4.78 is 13.0. The quantitative estimate of drug-likeness (QED) is 0.298. The number of nitrogens with two attached hydrogens (primary N) is 1. The largest absolute Gasteiger partial charge is 0.480 e. The van der Waals surface area contributed by atoms with Crippen molar-refractivity contribution in [2.75, 3.05) is 6.54 Å². The fourth-order valence-corrected chi connectivity index (χ4v) is 0.883. The van der Waals surface area contributed by atoms with E-state index in [4.69, 9.17) is 16.2 Å². The highest BCUT2D eigenvalue weighted by Gasteiger charge is 2.09. The highest BCUT2D eigenvalue weighted by molar-refractivity contribution is 5.76. The van der Waals surface area contributed by atoms with E-state index in [0.717, 1.165) is 6.08 Å². The predicted molar refractivity (Wildman–Crippen MR) is 55.4 cm³/mol. The van der Waals surface area contributed by atoms with Gasteiger partial charge in [-0.15, -0.1) is 0 Å². The molecule has 0 bridgehead atoms. The number of halogens is 1. The van der Waals surface area contributed by atoms with Crippen molar-refractivity contribution in [1.29, 1.82) is 5.41 Å². The molecule has 0 amide bonds. The van der Waals surface area contributed by atoms with Gasteiger partial charge in [0.05, 0.1) is 11.7 Å². The number of carboxylic acid groups (broad SMARTS) is 1. The average molecular weight is 217 g/mol. The van der Waals surface area contributed by atoms with E-state index in [2.05, 4.69) is 5.32 Å². The van der Waals surface area contributed by atoms with Gasteiger partial charge in [0, 0.05) is 13.0 Å². The number of carbonyl (C=O) groups is 1. The second kappa shape index (κ2) is 6.94. The molecule has 0 aromatic rings. The minimum Gasteiger partial charge on any atom is -0.480 e. The Labute approximate surface area is 87.7 Å². The smallest absolute Gasteiger partial charge is 0.324 e. The maximum absolute atomic E-state index is 13.0. The molecule has 0 heterocycles. The molecule has 0 aliphatic heterocycles. The van der Waals surface area contributed by atoms with Gasteiger partial charge >= 0.3 is 5.97 Å². The number of carboxylic acids is 1. The Morgan fingerprint density at radius 3 is 2.80 bits per heavy atom. The van der Waals surface area contributed by atoms with Gasteiger partial charge in [-0.1, -0.05) is 0 Å². The Balaban J connectivity index is 3.78. The Morgan fingerprint density at radius 1 is 1.73 bits per heavy atom. The monoisotopic (exact) mass is 217 g/mol. The van der Waals surface area contributed by atoms with E-state index in [1.807, 2.05) is 0 Å². The van der Waals surface area contributed by atoms with Crippen LogP contribution in [0.15, 0.2) is 11.9 Å². The van der Waals surface area contributed by atoms with E-state index >= 15 is 0 Å². The SMILES string of the molecule is CC(=N)NCCC/C(F)=C\[C@H](N)C(=O)O. The average Bonchev–Trinajstić information content (AvgIpc) is 2.12. The number of hydrogen-bond acceptors (Lipinski definition) is 3. The van der Waals surface area contributed by atoms with Gasteiger partial charge < -0.3 is 16.2 Å². The lowest BCUT2D eigenvalue weighted by Gasteiger charge is -2.03. The van der Waals surface area contributed by atoms with E-state index < -0.39 is 17.8 Å². The van der Waals surface area contributed by atoms with E-state index in [-0.39, 0.29) is 6.42 Å². The summed E-state index contributed by atoms with van der Waals surface area (Å²) in [5, 5.41) is 18.1. The summed E-state index contributed by atoms with van der Waals surface area (Å²) in [6, 6.07) is -1.29. The lowest BCUT2D eigenvalue weighted by molar-refractivity contribution is -0.137. The molecule has 15 heavy (non-hydrogen) atoms. The third-order valence-electron chi connectivity index (χ3n) is 1.63. The number of hydrogen-bond donors (Lipinski definition) is 4. The Bertz CT molecular complexity index is 266. The van der Waals surface area contributed by atoms with Crippen LogP contribution in [0.25, 0.3) is 0 Å². The highest BCUT2D eigenvalue weighted by atomic mass is 19.1. The molecule has 0 aliphatic rings. The van der Waals surface area contributed by atoms with E-state index in [0.29, 0.717) is 18.8 Å². The molecule has 86 valence electrons. The first-order valence-corrected chi connectivity index (χ1v) is 4.57. The number of rotatable bonds is 6. The van der Waals surface area contributed by atoms with Crippen LogP contribution >= 0.6 is 0 Å². The summed E-state index contributed by atoms with van der Waals surface area (Å²) in [4.78, 5) is 10.3. The first-order chi connectivity index (χ1) is 6.93. The van der Waals surface area contributed by atoms with Crippen LogP contribution < -0.4 is 11.1 Å². The molecule has 1 atom stereocenters. The fraction of sp³-hybridized carbons (Fsp3) is 0.556. The lowest BCUT2D eigenvalue weighted by atomic mass is 10.2. The van der Waals surface area contributed by atoms with Gasteiger partial charge in [-0.25, -0.2) is 4.39 Å². The molecule has 0 unspecified atom stereocenters. The molecule has 0 aromatic heterocycles. The molecule has 6 heteroatoms. The van der Waals surface area contributed by atoms with Gasteiger partial charge in [0.15, 0.2) is 0 Å². The third-order valence-corrected chi connectivity index (χ3v) is 1.63. The van der Waals surface area contributed by atoms with Gasteiger partial charge in [-0.05, 0) is 19.4 Å². The molecule has 5 nitrogen and oxygen atoms in total.